The van der Waals surface area contributed by atoms with E-state index < -0.39 is 79.7 Å². The number of fused-ring (bicyclic) bond motifs is 1. The third kappa shape index (κ3) is 8.77. The van der Waals surface area contributed by atoms with E-state index in [2.05, 4.69) is 21.9 Å². The molecule has 0 spiro atoms. The number of pyridine rings is 1. The number of amides is 4. The second-order valence-electron chi connectivity index (χ2n) is 16.9. The summed E-state index contributed by atoms with van der Waals surface area (Å²) in [4.78, 5) is 61.9. The number of rotatable bonds is 12. The maximum Gasteiger partial charge on any atom is 0.408 e. The molecule has 15 heteroatoms. The zero-order chi connectivity index (χ0) is 40.8. The Morgan fingerprint density at radius 1 is 1.02 bits per heavy atom. The van der Waals surface area contributed by atoms with Gasteiger partial charge in [-0.25, -0.2) is 18.2 Å². The van der Waals surface area contributed by atoms with Crippen LogP contribution in [0, 0.1) is 11.3 Å². The van der Waals surface area contributed by atoms with Gasteiger partial charge in [0.15, 0.2) is 0 Å². The number of benzene rings is 2. The lowest BCUT2D eigenvalue weighted by molar-refractivity contribution is -0.143. The highest BCUT2D eigenvalue weighted by atomic mass is 32.2. The molecule has 1 saturated heterocycles. The number of nitrogens with one attached hydrogen (secondary N) is 3. The van der Waals surface area contributed by atoms with Gasteiger partial charge in [0.05, 0.1) is 30.1 Å². The monoisotopic (exact) mass is 789 g/mol. The number of sulfonamides is 1. The van der Waals surface area contributed by atoms with Gasteiger partial charge in [-0.1, -0.05) is 57.2 Å². The maximum atomic E-state index is 14.7. The number of hydrogen-bond acceptors (Lipinski definition) is 10. The fourth-order valence-corrected chi connectivity index (χ4v) is 8.33. The molecule has 300 valence electrons. The molecule has 6 rings (SSSR count). The standard InChI is InChI=1S/C41H51N5O9S/c1-9-25-22-41(25,37(49)45-56(51,52)28-16-17-28)44-35(47)32-20-27(23-46(32)36(48)34(39(2,3)4)43-38(50)55-40(5,6)7)54-33-21-30(24-13-11-10-12-14-24)42-31-19-26(53-8)15-18-29(31)33/h9-15,18-19,21,25,27-28,32,34H,1,16-17,20,22-23H2,2-8H3,(H,43,50)(H,44,47)(H,45,49)/t25-,27-,32+,34?,41?/m1/s1. The first kappa shape index (κ1) is 40.5. The topological polar surface area (TPSA) is 182 Å². The molecule has 2 aliphatic carbocycles. The molecule has 1 aliphatic heterocycles. The molecule has 2 unspecified atom stereocenters. The molecule has 2 saturated carbocycles. The third-order valence-corrected chi connectivity index (χ3v) is 12.0. The minimum absolute atomic E-state index is 0.0122. The van der Waals surface area contributed by atoms with Crippen molar-refractivity contribution >= 4 is 44.7 Å². The van der Waals surface area contributed by atoms with Crippen LogP contribution in [0.25, 0.3) is 22.2 Å². The molecule has 2 heterocycles. The van der Waals surface area contributed by atoms with Gasteiger partial charge in [-0.15, -0.1) is 6.58 Å². The van der Waals surface area contributed by atoms with Crippen LogP contribution in [0.15, 0.2) is 67.3 Å². The number of alkyl carbamates (subject to hydrolysis) is 1. The highest BCUT2D eigenvalue weighted by Crippen LogP contribution is 2.46. The molecule has 4 amide bonds. The number of aromatic nitrogens is 1. The lowest BCUT2D eigenvalue weighted by Gasteiger charge is -2.36. The van der Waals surface area contributed by atoms with Crippen LogP contribution < -0.4 is 24.8 Å². The summed E-state index contributed by atoms with van der Waals surface area (Å²) >= 11 is 0. The third-order valence-electron chi connectivity index (χ3n) is 10.2. The van der Waals surface area contributed by atoms with Gasteiger partial charge in [-0.05, 0) is 57.6 Å². The van der Waals surface area contributed by atoms with Crippen molar-refractivity contribution in [3.8, 4) is 22.8 Å². The summed E-state index contributed by atoms with van der Waals surface area (Å²) in [5.41, 5.74) is -1.16. The fourth-order valence-electron chi connectivity index (χ4n) is 6.97. The van der Waals surface area contributed by atoms with Gasteiger partial charge in [0, 0.05) is 35.4 Å². The van der Waals surface area contributed by atoms with E-state index >= 15 is 0 Å². The summed E-state index contributed by atoms with van der Waals surface area (Å²) < 4.78 is 45.4. The summed E-state index contributed by atoms with van der Waals surface area (Å²) in [6, 6.07) is 14.5. The van der Waals surface area contributed by atoms with Crippen LogP contribution >= 0.6 is 0 Å². The van der Waals surface area contributed by atoms with E-state index in [1.54, 1.807) is 60.8 Å². The van der Waals surface area contributed by atoms with Gasteiger partial charge >= 0.3 is 6.09 Å². The number of methoxy groups -OCH3 is 1. The zero-order valence-corrected chi connectivity index (χ0v) is 33.7. The Morgan fingerprint density at radius 2 is 1.71 bits per heavy atom. The second-order valence-corrected chi connectivity index (χ2v) is 18.8. The van der Waals surface area contributed by atoms with Crippen molar-refractivity contribution in [1.29, 1.82) is 0 Å². The van der Waals surface area contributed by atoms with Gasteiger partial charge in [-0.2, -0.15) is 0 Å². The summed E-state index contributed by atoms with van der Waals surface area (Å²) in [6.45, 7) is 14.2. The first-order valence-electron chi connectivity index (χ1n) is 18.8. The van der Waals surface area contributed by atoms with Gasteiger partial charge < -0.3 is 29.7 Å². The SMILES string of the molecule is C=C[C@@H]1CC1(NC(=O)[C@@H]1C[C@@H](Oc2cc(-c3ccccc3)nc3cc(OC)ccc23)CN1C(=O)C(NC(=O)OC(C)(C)C)C(C)(C)C)C(=O)NS(=O)(=O)C1CC1. The van der Waals surface area contributed by atoms with Gasteiger partial charge in [-0.3, -0.25) is 19.1 Å². The molecule has 3 aromatic rings. The molecule has 0 radical (unpaired) electrons. The molecular formula is C41H51N5O9S. The zero-order valence-electron chi connectivity index (χ0n) is 32.9. The Balaban J connectivity index is 1.34. The normalized spacial score (nSPS) is 22.8. The van der Waals surface area contributed by atoms with Crippen molar-refractivity contribution in [2.24, 2.45) is 11.3 Å². The minimum Gasteiger partial charge on any atom is -0.497 e. The second kappa shape index (κ2) is 15.1. The van der Waals surface area contributed by atoms with E-state index in [0.29, 0.717) is 40.9 Å². The number of hydrogen-bond donors (Lipinski definition) is 3. The molecule has 3 aliphatic rings. The molecule has 5 atom stereocenters. The Labute approximate surface area is 327 Å². The highest BCUT2D eigenvalue weighted by Gasteiger charge is 2.62. The van der Waals surface area contributed by atoms with Crippen LogP contribution in [0.3, 0.4) is 0 Å². The Hall–Kier alpha value is -5.18. The van der Waals surface area contributed by atoms with Crippen molar-refractivity contribution in [1.82, 2.24) is 25.2 Å². The molecule has 3 N–H and O–H groups in total. The van der Waals surface area contributed by atoms with Crippen molar-refractivity contribution in [3.63, 3.8) is 0 Å². The van der Waals surface area contributed by atoms with Crippen LogP contribution in [0.5, 0.6) is 11.5 Å². The lowest BCUT2D eigenvalue weighted by atomic mass is 9.85. The number of likely N-dealkylation sites (tertiary alicyclic amines) is 1. The Bertz CT molecular complexity index is 2140. The Morgan fingerprint density at radius 3 is 2.30 bits per heavy atom. The van der Waals surface area contributed by atoms with E-state index in [1.165, 1.54) is 11.0 Å². The molecule has 2 aromatic carbocycles. The maximum absolute atomic E-state index is 14.7. The quantitative estimate of drug-likeness (QED) is 0.214. The summed E-state index contributed by atoms with van der Waals surface area (Å²) in [5, 5.41) is 5.56. The smallest absolute Gasteiger partial charge is 0.408 e. The van der Waals surface area contributed by atoms with Crippen LogP contribution in [0.1, 0.15) is 67.2 Å². The number of carbonyl (C=O) groups is 4. The summed E-state index contributed by atoms with van der Waals surface area (Å²) in [7, 11) is -2.35. The van der Waals surface area contributed by atoms with Crippen molar-refractivity contribution in [2.75, 3.05) is 13.7 Å². The fraction of sp³-hybridized carbons (Fsp3) is 0.488. The van der Waals surface area contributed by atoms with Crippen LogP contribution in [-0.4, -0.2) is 90.3 Å². The molecule has 0 bridgehead atoms. The predicted octanol–water partition coefficient (Wildman–Crippen LogP) is 4.87. The van der Waals surface area contributed by atoms with Crippen LogP contribution in [0.4, 0.5) is 4.79 Å². The highest BCUT2D eigenvalue weighted by molar-refractivity contribution is 7.91. The number of ether oxygens (including phenoxy) is 3. The molecule has 56 heavy (non-hydrogen) atoms. The van der Waals surface area contributed by atoms with Gasteiger partial charge in [0.1, 0.15) is 40.8 Å². The number of carbonyl (C=O) groups excluding carboxylic acids is 4. The summed E-state index contributed by atoms with van der Waals surface area (Å²) in [6.07, 6.45) is 1.01. The minimum atomic E-state index is -3.92. The first-order valence-corrected chi connectivity index (χ1v) is 20.3. The molecular weight excluding hydrogens is 739 g/mol. The molecule has 14 nitrogen and oxygen atoms in total. The first-order chi connectivity index (χ1) is 26.2. The van der Waals surface area contributed by atoms with Crippen LogP contribution in [-0.2, 0) is 29.1 Å². The predicted molar refractivity (Wildman–Crippen MR) is 210 cm³/mol. The van der Waals surface area contributed by atoms with E-state index in [-0.39, 0.29) is 19.4 Å². The molecule has 3 fully saturated rings. The van der Waals surface area contributed by atoms with E-state index in [1.807, 2.05) is 42.5 Å². The van der Waals surface area contributed by atoms with Crippen molar-refractivity contribution in [2.45, 2.75) is 102 Å². The molecule has 1 aromatic heterocycles. The average Bonchev–Trinajstić information content (AvgIpc) is 4.06. The van der Waals surface area contributed by atoms with E-state index in [4.69, 9.17) is 19.2 Å². The van der Waals surface area contributed by atoms with Gasteiger partial charge in [0.25, 0.3) is 5.91 Å². The van der Waals surface area contributed by atoms with Crippen molar-refractivity contribution in [3.05, 3.63) is 67.3 Å². The Kier molecular flexibility index (Phi) is 10.9. The van der Waals surface area contributed by atoms with E-state index in [0.717, 1.165) is 5.56 Å². The van der Waals surface area contributed by atoms with E-state index in [9.17, 15) is 27.6 Å². The lowest BCUT2D eigenvalue weighted by Crippen LogP contribution is -2.60. The summed E-state index contributed by atoms with van der Waals surface area (Å²) in [5.74, 6) is -1.56. The largest absolute Gasteiger partial charge is 0.497 e. The van der Waals surface area contributed by atoms with Gasteiger partial charge in [0.2, 0.25) is 21.8 Å². The average molecular weight is 790 g/mol. The van der Waals surface area contributed by atoms with Crippen molar-refractivity contribution < 1.29 is 41.8 Å². The van der Waals surface area contributed by atoms with Crippen LogP contribution in [0.2, 0.25) is 0 Å². The number of nitrogens with zero attached hydrogens (tertiary/aromatic N) is 2.